The Morgan fingerprint density at radius 3 is 2.52 bits per heavy atom. The first-order valence-corrected chi connectivity index (χ1v) is 10.7. The summed E-state index contributed by atoms with van der Waals surface area (Å²) in [6.07, 6.45) is 11.6. The summed E-state index contributed by atoms with van der Waals surface area (Å²) in [7, 11) is 0. The van der Waals surface area contributed by atoms with Crippen molar-refractivity contribution in [3.05, 3.63) is 35.9 Å². The summed E-state index contributed by atoms with van der Waals surface area (Å²) in [6.45, 7) is 7.92. The van der Waals surface area contributed by atoms with Gasteiger partial charge in [0.05, 0.1) is 0 Å². The first-order chi connectivity index (χ1) is 12.9. The molecule has 0 amide bonds. The minimum atomic E-state index is 0. The maximum Gasteiger partial charge on any atom is 0.0469 e. The summed E-state index contributed by atoms with van der Waals surface area (Å²) in [4.78, 5) is 5.31. The second-order valence-corrected chi connectivity index (χ2v) is 8.19. The number of para-hydroxylation sites is 1. The summed E-state index contributed by atoms with van der Waals surface area (Å²) in [5.74, 6) is 0.846. The number of hydrogen-bond donors (Lipinski definition) is 0. The molecule has 0 radical (unpaired) electrons. The molecular weight excluding hydrogens is 356 g/mol. The molecule has 0 aromatic heterocycles. The predicted octanol–water partition coefficient (Wildman–Crippen LogP) is 5.00. The van der Waals surface area contributed by atoms with Crippen molar-refractivity contribution >= 4 is 23.7 Å². The maximum atomic E-state index is 5.51. The zero-order chi connectivity index (χ0) is 17.6. The number of nitrogens with zero attached hydrogens (tertiary/aromatic N) is 2. The fourth-order valence-corrected chi connectivity index (χ4v) is 4.75. The highest BCUT2D eigenvalue weighted by Crippen LogP contribution is 2.33. The van der Waals surface area contributed by atoms with Crippen LogP contribution in [0.1, 0.15) is 50.5 Å². The average Bonchev–Trinajstić information content (AvgIpc) is 2.99. The van der Waals surface area contributed by atoms with Crippen LogP contribution >= 0.6 is 12.4 Å². The third-order valence-electron chi connectivity index (χ3n) is 6.36. The molecule has 2 saturated heterocycles. The lowest BCUT2D eigenvalue weighted by molar-refractivity contribution is 0.0517. The molecule has 3 nitrogen and oxygen atoms in total. The molecule has 1 aromatic carbocycles. The van der Waals surface area contributed by atoms with Gasteiger partial charge in [-0.05, 0) is 56.1 Å². The molecule has 2 heterocycles. The van der Waals surface area contributed by atoms with Gasteiger partial charge in [0.25, 0.3) is 0 Å². The van der Waals surface area contributed by atoms with Crippen molar-refractivity contribution in [1.82, 2.24) is 4.90 Å². The van der Waals surface area contributed by atoms with E-state index >= 15 is 0 Å². The van der Waals surface area contributed by atoms with E-state index in [1.54, 1.807) is 5.57 Å². The standard InChI is InChI=1S/C23H34N2O.ClH/c1-2-4-8-21(7-3-1)22-9-5-6-10-23(22)25-15-13-24(14-16-25)19-20-11-17-26-18-12-20;/h5-7,9-10,20H,1-4,8,11-19H2;1H. The van der Waals surface area contributed by atoms with E-state index in [1.165, 1.54) is 75.8 Å². The third kappa shape index (κ3) is 5.49. The molecule has 1 aromatic rings. The molecule has 0 atom stereocenters. The van der Waals surface area contributed by atoms with Gasteiger partial charge in [0, 0.05) is 57.2 Å². The van der Waals surface area contributed by atoms with Crippen LogP contribution in [0.3, 0.4) is 0 Å². The third-order valence-corrected chi connectivity index (χ3v) is 6.36. The van der Waals surface area contributed by atoms with Crippen LogP contribution in [-0.4, -0.2) is 50.8 Å². The Bertz CT molecular complexity index is 604. The molecule has 0 unspecified atom stereocenters. The number of halogens is 1. The molecule has 0 saturated carbocycles. The number of rotatable bonds is 4. The Hall–Kier alpha value is -1.03. The lowest BCUT2D eigenvalue weighted by Gasteiger charge is -2.39. The van der Waals surface area contributed by atoms with Gasteiger partial charge >= 0.3 is 0 Å². The van der Waals surface area contributed by atoms with Gasteiger partial charge < -0.3 is 9.64 Å². The fourth-order valence-electron chi connectivity index (χ4n) is 4.75. The molecule has 0 N–H and O–H groups in total. The molecule has 3 aliphatic rings. The van der Waals surface area contributed by atoms with E-state index in [0.29, 0.717) is 0 Å². The van der Waals surface area contributed by atoms with Crippen LogP contribution in [0.15, 0.2) is 30.3 Å². The molecule has 150 valence electrons. The van der Waals surface area contributed by atoms with Crippen LogP contribution in [0.25, 0.3) is 5.57 Å². The summed E-state index contributed by atoms with van der Waals surface area (Å²) in [5, 5.41) is 0. The van der Waals surface area contributed by atoms with Crippen molar-refractivity contribution in [2.75, 3.05) is 50.8 Å². The van der Waals surface area contributed by atoms with E-state index in [0.717, 1.165) is 32.2 Å². The lowest BCUT2D eigenvalue weighted by Crippen LogP contribution is -2.48. The van der Waals surface area contributed by atoms with Gasteiger partial charge in [0.15, 0.2) is 0 Å². The summed E-state index contributed by atoms with van der Waals surface area (Å²) < 4.78 is 5.51. The van der Waals surface area contributed by atoms with Crippen molar-refractivity contribution in [3.63, 3.8) is 0 Å². The van der Waals surface area contributed by atoms with E-state index in [-0.39, 0.29) is 12.4 Å². The van der Waals surface area contributed by atoms with Crippen molar-refractivity contribution in [1.29, 1.82) is 0 Å². The number of benzene rings is 1. The van der Waals surface area contributed by atoms with Gasteiger partial charge in [-0.3, -0.25) is 4.90 Å². The van der Waals surface area contributed by atoms with E-state index in [2.05, 4.69) is 40.1 Å². The molecule has 4 rings (SSSR count). The highest BCUT2D eigenvalue weighted by atomic mass is 35.5. The summed E-state index contributed by atoms with van der Waals surface area (Å²) >= 11 is 0. The molecule has 4 heteroatoms. The molecular formula is C23H35ClN2O. The lowest BCUT2D eigenvalue weighted by atomic mass is 9.98. The van der Waals surface area contributed by atoms with Crippen molar-refractivity contribution in [2.45, 2.75) is 44.9 Å². The Morgan fingerprint density at radius 2 is 1.70 bits per heavy atom. The van der Waals surface area contributed by atoms with Crippen LogP contribution < -0.4 is 4.90 Å². The van der Waals surface area contributed by atoms with Gasteiger partial charge in [0.1, 0.15) is 0 Å². The number of piperazine rings is 1. The normalized spacial score (nSPS) is 22.7. The zero-order valence-electron chi connectivity index (χ0n) is 16.6. The molecule has 2 fully saturated rings. The molecule has 0 spiro atoms. The Morgan fingerprint density at radius 1 is 0.926 bits per heavy atom. The second-order valence-electron chi connectivity index (χ2n) is 8.19. The average molecular weight is 391 g/mol. The Kier molecular flexibility index (Phi) is 8.05. The van der Waals surface area contributed by atoms with Crippen LogP contribution in [0.5, 0.6) is 0 Å². The quantitative estimate of drug-likeness (QED) is 0.719. The number of allylic oxidation sites excluding steroid dienone is 2. The Labute approximate surface area is 171 Å². The number of ether oxygens (including phenoxy) is 1. The van der Waals surface area contributed by atoms with E-state index < -0.39 is 0 Å². The minimum Gasteiger partial charge on any atom is -0.381 e. The monoisotopic (exact) mass is 390 g/mol. The van der Waals surface area contributed by atoms with Crippen LogP contribution in [0.4, 0.5) is 5.69 Å². The van der Waals surface area contributed by atoms with Crippen LogP contribution in [0, 0.1) is 5.92 Å². The van der Waals surface area contributed by atoms with Crippen LogP contribution in [-0.2, 0) is 4.74 Å². The minimum absolute atomic E-state index is 0. The van der Waals surface area contributed by atoms with Gasteiger partial charge in [-0.25, -0.2) is 0 Å². The largest absolute Gasteiger partial charge is 0.381 e. The highest BCUT2D eigenvalue weighted by Gasteiger charge is 2.23. The van der Waals surface area contributed by atoms with Crippen molar-refractivity contribution in [2.24, 2.45) is 5.92 Å². The smallest absolute Gasteiger partial charge is 0.0469 e. The van der Waals surface area contributed by atoms with Crippen LogP contribution in [0.2, 0.25) is 0 Å². The van der Waals surface area contributed by atoms with Gasteiger partial charge in [-0.1, -0.05) is 30.7 Å². The molecule has 27 heavy (non-hydrogen) atoms. The van der Waals surface area contributed by atoms with Gasteiger partial charge in [-0.2, -0.15) is 0 Å². The first-order valence-electron chi connectivity index (χ1n) is 10.7. The molecule has 2 aliphatic heterocycles. The second kappa shape index (κ2) is 10.5. The van der Waals surface area contributed by atoms with Gasteiger partial charge in [-0.15, -0.1) is 12.4 Å². The topological polar surface area (TPSA) is 15.7 Å². The Balaban J connectivity index is 0.00000210. The zero-order valence-corrected chi connectivity index (χ0v) is 17.4. The van der Waals surface area contributed by atoms with E-state index in [4.69, 9.17) is 4.74 Å². The van der Waals surface area contributed by atoms with Crippen molar-refractivity contribution < 1.29 is 4.74 Å². The van der Waals surface area contributed by atoms with Gasteiger partial charge in [0.2, 0.25) is 0 Å². The SMILES string of the molecule is C1=C(c2ccccc2N2CCN(CC3CCOCC3)CC2)CCCCC1.Cl. The summed E-state index contributed by atoms with van der Waals surface area (Å²) in [6, 6.07) is 9.12. The maximum absolute atomic E-state index is 5.51. The van der Waals surface area contributed by atoms with E-state index in [1.807, 2.05) is 0 Å². The van der Waals surface area contributed by atoms with E-state index in [9.17, 15) is 0 Å². The fraction of sp³-hybridized carbons (Fsp3) is 0.652. The predicted molar refractivity (Wildman–Crippen MR) is 117 cm³/mol. The molecule has 1 aliphatic carbocycles. The summed E-state index contributed by atoms with van der Waals surface area (Å²) in [5.41, 5.74) is 4.54. The number of anilines is 1. The highest BCUT2D eigenvalue weighted by molar-refractivity contribution is 5.85. The molecule has 0 bridgehead atoms. The number of hydrogen-bond acceptors (Lipinski definition) is 3. The van der Waals surface area contributed by atoms with Crippen molar-refractivity contribution in [3.8, 4) is 0 Å². The first kappa shape index (κ1) is 20.7.